The highest BCUT2D eigenvalue weighted by molar-refractivity contribution is 5.78. The predicted molar refractivity (Wildman–Crippen MR) is 88.8 cm³/mol. The van der Waals surface area contributed by atoms with Gasteiger partial charge in [0.15, 0.2) is 18.1 Å². The third-order valence-corrected chi connectivity index (χ3v) is 3.98. The first-order valence-corrected chi connectivity index (χ1v) is 7.99. The molecule has 0 saturated carbocycles. The van der Waals surface area contributed by atoms with Gasteiger partial charge >= 0.3 is 0 Å². The lowest BCUT2D eigenvalue weighted by Crippen LogP contribution is -2.31. The van der Waals surface area contributed by atoms with E-state index in [4.69, 9.17) is 9.47 Å². The zero-order valence-corrected chi connectivity index (χ0v) is 13.2. The predicted octanol–water partition coefficient (Wildman–Crippen LogP) is 3.27. The molecule has 0 spiro atoms. The Morgan fingerprint density at radius 3 is 2.57 bits per heavy atom. The maximum atomic E-state index is 12.2. The molecule has 0 bridgehead atoms. The molecule has 0 fully saturated rings. The van der Waals surface area contributed by atoms with Crippen LogP contribution in [0.2, 0.25) is 0 Å². The first-order valence-electron chi connectivity index (χ1n) is 7.99. The summed E-state index contributed by atoms with van der Waals surface area (Å²) in [6.45, 7) is 2.47. The molecule has 23 heavy (non-hydrogen) atoms. The van der Waals surface area contributed by atoms with Crippen LogP contribution in [-0.2, 0) is 11.2 Å². The van der Waals surface area contributed by atoms with Crippen molar-refractivity contribution >= 4 is 5.91 Å². The summed E-state index contributed by atoms with van der Waals surface area (Å²) in [6.07, 6.45) is 1.95. The molecular formula is C19H21NO3. The van der Waals surface area contributed by atoms with Crippen molar-refractivity contribution in [2.75, 3.05) is 13.2 Å². The molecule has 1 aliphatic rings. The van der Waals surface area contributed by atoms with Crippen LogP contribution >= 0.6 is 0 Å². The lowest BCUT2D eigenvalue weighted by Gasteiger charge is -2.15. The summed E-state index contributed by atoms with van der Waals surface area (Å²) in [4.78, 5) is 12.2. The summed E-state index contributed by atoms with van der Waals surface area (Å²) in [5, 5.41) is 3.05. The minimum atomic E-state index is -0.113. The van der Waals surface area contributed by atoms with Crippen LogP contribution in [0.1, 0.15) is 30.5 Å². The molecular weight excluding hydrogens is 290 g/mol. The average molecular weight is 311 g/mol. The largest absolute Gasteiger partial charge is 0.490 e. The molecule has 4 heteroatoms. The van der Waals surface area contributed by atoms with Gasteiger partial charge in [0.25, 0.3) is 5.91 Å². The Labute approximate surface area is 136 Å². The first-order chi connectivity index (χ1) is 11.3. The van der Waals surface area contributed by atoms with Gasteiger partial charge in [-0.1, -0.05) is 36.4 Å². The van der Waals surface area contributed by atoms with Gasteiger partial charge in [-0.2, -0.15) is 0 Å². The van der Waals surface area contributed by atoms with Crippen molar-refractivity contribution in [1.82, 2.24) is 5.32 Å². The summed E-state index contributed by atoms with van der Waals surface area (Å²) in [6, 6.07) is 15.7. The highest BCUT2D eigenvalue weighted by Crippen LogP contribution is 2.30. The zero-order chi connectivity index (χ0) is 16.1. The number of benzene rings is 2. The third kappa shape index (κ3) is 3.65. The summed E-state index contributed by atoms with van der Waals surface area (Å²) < 4.78 is 11.1. The van der Waals surface area contributed by atoms with Crippen LogP contribution < -0.4 is 14.8 Å². The Hall–Kier alpha value is -2.49. The second-order valence-electron chi connectivity index (χ2n) is 5.53. The third-order valence-electron chi connectivity index (χ3n) is 3.98. The molecule has 1 N–H and O–H groups in total. The molecule has 0 saturated heterocycles. The molecule has 120 valence electrons. The molecule has 1 atom stereocenters. The number of para-hydroxylation sites is 2. The number of carbonyl (C=O) groups excluding carboxylic acids is 1. The topological polar surface area (TPSA) is 47.6 Å². The molecule has 1 amide bonds. The Balaban J connectivity index is 1.57. The fourth-order valence-corrected chi connectivity index (χ4v) is 2.93. The van der Waals surface area contributed by atoms with Crippen LogP contribution in [0.15, 0.2) is 48.5 Å². The number of hydrogen-bond acceptors (Lipinski definition) is 3. The Bertz CT molecular complexity index is 684. The van der Waals surface area contributed by atoms with Crippen molar-refractivity contribution in [2.24, 2.45) is 0 Å². The van der Waals surface area contributed by atoms with Crippen LogP contribution in [-0.4, -0.2) is 19.1 Å². The van der Waals surface area contributed by atoms with Gasteiger partial charge in [0.2, 0.25) is 0 Å². The van der Waals surface area contributed by atoms with E-state index in [9.17, 15) is 4.79 Å². The number of nitrogens with one attached hydrogen (secondary N) is 1. The lowest BCUT2D eigenvalue weighted by molar-refractivity contribution is -0.123. The maximum Gasteiger partial charge on any atom is 0.258 e. The van der Waals surface area contributed by atoms with Crippen molar-refractivity contribution in [3.63, 3.8) is 0 Å². The number of fused-ring (bicyclic) bond motifs is 1. The molecule has 1 aliphatic carbocycles. The molecule has 2 aromatic carbocycles. The Kier molecular flexibility index (Phi) is 4.81. The van der Waals surface area contributed by atoms with Gasteiger partial charge in [-0.25, -0.2) is 0 Å². The van der Waals surface area contributed by atoms with E-state index in [1.165, 1.54) is 11.1 Å². The van der Waals surface area contributed by atoms with Crippen LogP contribution in [0.5, 0.6) is 11.5 Å². The minimum absolute atomic E-state index is 0.0112. The summed E-state index contributed by atoms with van der Waals surface area (Å²) in [5.41, 5.74) is 2.54. The van der Waals surface area contributed by atoms with E-state index in [0.29, 0.717) is 18.1 Å². The molecule has 0 heterocycles. The second-order valence-corrected chi connectivity index (χ2v) is 5.53. The molecule has 4 nitrogen and oxygen atoms in total. The highest BCUT2D eigenvalue weighted by atomic mass is 16.5. The molecule has 0 radical (unpaired) electrons. The van der Waals surface area contributed by atoms with Crippen LogP contribution in [0, 0.1) is 0 Å². The number of ether oxygens (including phenoxy) is 2. The maximum absolute atomic E-state index is 12.2. The highest BCUT2D eigenvalue weighted by Gasteiger charge is 2.23. The molecule has 3 rings (SSSR count). The monoisotopic (exact) mass is 311 g/mol. The van der Waals surface area contributed by atoms with E-state index in [1.807, 2.05) is 43.3 Å². The van der Waals surface area contributed by atoms with Crippen molar-refractivity contribution in [2.45, 2.75) is 25.8 Å². The molecule has 2 aromatic rings. The number of hydrogen-bond donors (Lipinski definition) is 1. The van der Waals surface area contributed by atoms with E-state index in [2.05, 4.69) is 17.4 Å². The van der Waals surface area contributed by atoms with E-state index < -0.39 is 0 Å². The number of rotatable bonds is 6. The van der Waals surface area contributed by atoms with Crippen molar-refractivity contribution in [3.8, 4) is 11.5 Å². The van der Waals surface area contributed by atoms with Crippen molar-refractivity contribution < 1.29 is 14.3 Å². The van der Waals surface area contributed by atoms with Gasteiger partial charge in [-0.3, -0.25) is 4.79 Å². The molecule has 0 aliphatic heterocycles. The van der Waals surface area contributed by atoms with Crippen LogP contribution in [0.4, 0.5) is 0 Å². The fourth-order valence-electron chi connectivity index (χ4n) is 2.93. The van der Waals surface area contributed by atoms with Gasteiger partial charge in [0, 0.05) is 0 Å². The SMILES string of the molecule is CCOc1ccccc1OCC(=O)N[C@@H]1CCc2ccccc21. The molecule has 0 aromatic heterocycles. The van der Waals surface area contributed by atoms with Gasteiger partial charge in [0.05, 0.1) is 12.6 Å². The van der Waals surface area contributed by atoms with E-state index in [-0.39, 0.29) is 18.6 Å². The van der Waals surface area contributed by atoms with Gasteiger partial charge in [0.1, 0.15) is 0 Å². The smallest absolute Gasteiger partial charge is 0.258 e. The van der Waals surface area contributed by atoms with E-state index >= 15 is 0 Å². The normalized spacial score (nSPS) is 15.8. The fraction of sp³-hybridized carbons (Fsp3) is 0.316. The average Bonchev–Trinajstić information content (AvgIpc) is 2.98. The number of amides is 1. The van der Waals surface area contributed by atoms with Crippen molar-refractivity contribution in [1.29, 1.82) is 0 Å². The lowest BCUT2D eigenvalue weighted by atomic mass is 10.1. The quantitative estimate of drug-likeness (QED) is 0.890. The summed E-state index contributed by atoms with van der Waals surface area (Å²) in [5.74, 6) is 1.14. The van der Waals surface area contributed by atoms with Gasteiger partial charge < -0.3 is 14.8 Å². The zero-order valence-electron chi connectivity index (χ0n) is 13.2. The first kappa shape index (κ1) is 15.4. The van der Waals surface area contributed by atoms with Gasteiger partial charge in [-0.05, 0) is 43.0 Å². The van der Waals surface area contributed by atoms with E-state index in [1.54, 1.807) is 0 Å². The minimum Gasteiger partial charge on any atom is -0.490 e. The Morgan fingerprint density at radius 2 is 1.78 bits per heavy atom. The van der Waals surface area contributed by atoms with Crippen molar-refractivity contribution in [3.05, 3.63) is 59.7 Å². The number of aryl methyl sites for hydroxylation is 1. The standard InChI is InChI=1S/C19H21NO3/c1-2-22-17-9-5-6-10-18(17)23-13-19(21)20-16-12-11-14-7-3-4-8-15(14)16/h3-10,16H,2,11-13H2,1H3,(H,20,21)/t16-/m1/s1. The van der Waals surface area contributed by atoms with E-state index in [0.717, 1.165) is 12.8 Å². The van der Waals surface area contributed by atoms with Crippen LogP contribution in [0.25, 0.3) is 0 Å². The second kappa shape index (κ2) is 7.18. The number of carbonyl (C=O) groups is 1. The molecule has 0 unspecified atom stereocenters. The summed E-state index contributed by atoms with van der Waals surface area (Å²) >= 11 is 0. The Morgan fingerprint density at radius 1 is 1.09 bits per heavy atom. The van der Waals surface area contributed by atoms with Gasteiger partial charge in [-0.15, -0.1) is 0 Å². The van der Waals surface area contributed by atoms with Crippen LogP contribution in [0.3, 0.4) is 0 Å². The summed E-state index contributed by atoms with van der Waals surface area (Å²) in [7, 11) is 0.